The van der Waals surface area contributed by atoms with Crippen molar-refractivity contribution in [2.24, 2.45) is 0 Å². The van der Waals surface area contributed by atoms with E-state index in [0.29, 0.717) is 13.1 Å². The van der Waals surface area contributed by atoms with Gasteiger partial charge in [-0.3, -0.25) is 4.98 Å². The maximum absolute atomic E-state index is 13.0. The zero-order valence-electron chi connectivity index (χ0n) is 11.0. The molecule has 1 heterocycles. The lowest BCUT2D eigenvalue weighted by Gasteiger charge is -2.17. The first-order chi connectivity index (χ1) is 9.81. The van der Waals surface area contributed by atoms with E-state index in [9.17, 15) is 4.39 Å². The van der Waals surface area contributed by atoms with Crippen LogP contribution >= 0.6 is 0 Å². The van der Waals surface area contributed by atoms with E-state index in [1.807, 2.05) is 18.2 Å². The van der Waals surface area contributed by atoms with Gasteiger partial charge >= 0.3 is 0 Å². The fraction of sp³-hybridized carbons (Fsp3) is 0.188. The molecule has 0 saturated heterocycles. The number of halogens is 1. The van der Waals surface area contributed by atoms with Crippen molar-refractivity contribution in [3.05, 3.63) is 72.2 Å². The Morgan fingerprint density at radius 3 is 2.45 bits per heavy atom. The average molecular weight is 268 g/mol. The van der Waals surface area contributed by atoms with Crippen molar-refractivity contribution in [3.8, 4) is 6.07 Å². The molecule has 4 heteroatoms. The number of hydrogen-bond donors (Lipinski definition) is 1. The lowest BCUT2D eigenvalue weighted by Crippen LogP contribution is -2.19. The summed E-state index contributed by atoms with van der Waals surface area (Å²) >= 11 is 0. The number of hydrogen-bond acceptors (Lipinski definition) is 3. The molecule has 1 aromatic carbocycles. The van der Waals surface area contributed by atoms with Crippen molar-refractivity contribution in [2.45, 2.75) is 5.92 Å². The molecule has 0 fully saturated rings. The third-order valence-electron chi connectivity index (χ3n) is 3.00. The molecule has 1 unspecified atom stereocenters. The molecule has 1 radical (unpaired) electrons. The highest BCUT2D eigenvalue weighted by Crippen LogP contribution is 2.26. The van der Waals surface area contributed by atoms with Crippen molar-refractivity contribution < 1.29 is 4.39 Å². The largest absolute Gasteiger partial charge is 0.304 e. The van der Waals surface area contributed by atoms with Crippen LogP contribution in [-0.4, -0.2) is 18.1 Å². The number of aromatic nitrogens is 1. The van der Waals surface area contributed by atoms with Crippen LogP contribution in [0.5, 0.6) is 0 Å². The molecule has 3 nitrogen and oxygen atoms in total. The standard InChI is InChI=1S/C16H15FN3/c17-15-3-1-13(2-4-15)16(7-11-20-12-8-18)14-5-9-19-10-6-14/h1-7,9-10,16,20H,11-12H2. The van der Waals surface area contributed by atoms with Gasteiger partial charge in [-0.1, -0.05) is 12.1 Å². The number of nitriles is 1. The minimum atomic E-state index is -0.246. The summed E-state index contributed by atoms with van der Waals surface area (Å²) in [6.45, 7) is 0.918. The Morgan fingerprint density at radius 1 is 1.15 bits per heavy atom. The molecule has 0 amide bonds. The van der Waals surface area contributed by atoms with Crippen LogP contribution < -0.4 is 5.32 Å². The predicted octanol–water partition coefficient (Wildman–Crippen LogP) is 2.67. The molecule has 0 aliphatic carbocycles. The van der Waals surface area contributed by atoms with Gasteiger partial charge in [0.25, 0.3) is 0 Å². The summed E-state index contributed by atoms with van der Waals surface area (Å²) in [4.78, 5) is 4.01. The van der Waals surface area contributed by atoms with Crippen molar-refractivity contribution in [2.75, 3.05) is 13.1 Å². The van der Waals surface area contributed by atoms with Crippen LogP contribution in [0, 0.1) is 23.6 Å². The Bertz CT molecular complexity index is 561. The zero-order valence-corrected chi connectivity index (χ0v) is 11.0. The third kappa shape index (κ3) is 3.87. The molecular formula is C16H15FN3. The van der Waals surface area contributed by atoms with Crippen LogP contribution in [-0.2, 0) is 0 Å². The van der Waals surface area contributed by atoms with E-state index in [-0.39, 0.29) is 11.7 Å². The van der Waals surface area contributed by atoms with Crippen molar-refractivity contribution in [1.82, 2.24) is 10.3 Å². The molecule has 0 bridgehead atoms. The number of nitrogens with zero attached hydrogens (tertiary/aromatic N) is 2. The monoisotopic (exact) mass is 268 g/mol. The topological polar surface area (TPSA) is 48.7 Å². The Labute approximate surface area is 118 Å². The van der Waals surface area contributed by atoms with Gasteiger partial charge in [-0.05, 0) is 41.8 Å². The van der Waals surface area contributed by atoms with Gasteiger partial charge in [0, 0.05) is 24.9 Å². The second-order valence-corrected chi connectivity index (χ2v) is 4.33. The molecule has 0 saturated carbocycles. The molecule has 1 N–H and O–H groups in total. The third-order valence-corrected chi connectivity index (χ3v) is 3.00. The first-order valence-electron chi connectivity index (χ1n) is 6.37. The molecule has 2 rings (SSSR count). The molecule has 0 aliphatic rings. The molecule has 101 valence electrons. The van der Waals surface area contributed by atoms with E-state index in [4.69, 9.17) is 5.26 Å². The van der Waals surface area contributed by atoms with Crippen LogP contribution in [0.1, 0.15) is 17.0 Å². The van der Waals surface area contributed by atoms with Gasteiger partial charge in [-0.2, -0.15) is 5.26 Å². The Kier molecular flexibility index (Phi) is 5.22. The van der Waals surface area contributed by atoms with Crippen LogP contribution in [0.3, 0.4) is 0 Å². The second-order valence-electron chi connectivity index (χ2n) is 4.33. The van der Waals surface area contributed by atoms with Gasteiger partial charge in [-0.15, -0.1) is 0 Å². The highest BCUT2D eigenvalue weighted by Gasteiger charge is 2.14. The maximum atomic E-state index is 13.0. The Balaban J connectivity index is 2.16. The summed E-state index contributed by atoms with van der Waals surface area (Å²) in [5, 5.41) is 11.5. The predicted molar refractivity (Wildman–Crippen MR) is 75.3 cm³/mol. The SMILES string of the molecule is N#CCNC[CH]C(c1ccncc1)c1ccc(F)cc1. The zero-order chi connectivity index (χ0) is 14.2. The highest BCUT2D eigenvalue weighted by atomic mass is 19.1. The average Bonchev–Trinajstić information content (AvgIpc) is 2.50. The highest BCUT2D eigenvalue weighted by molar-refractivity contribution is 5.34. The first kappa shape index (κ1) is 14.2. The Morgan fingerprint density at radius 2 is 1.80 bits per heavy atom. The van der Waals surface area contributed by atoms with Gasteiger partial charge in [0.05, 0.1) is 12.6 Å². The smallest absolute Gasteiger partial charge is 0.123 e. The van der Waals surface area contributed by atoms with Gasteiger partial charge < -0.3 is 5.32 Å². The molecule has 0 aliphatic heterocycles. The minimum Gasteiger partial charge on any atom is -0.304 e. The fourth-order valence-electron chi connectivity index (χ4n) is 2.03. The van der Waals surface area contributed by atoms with E-state index in [2.05, 4.69) is 16.7 Å². The molecule has 1 aromatic heterocycles. The van der Waals surface area contributed by atoms with Crippen LogP contribution in [0.2, 0.25) is 0 Å². The lowest BCUT2D eigenvalue weighted by molar-refractivity contribution is 0.626. The van der Waals surface area contributed by atoms with Crippen molar-refractivity contribution >= 4 is 0 Å². The lowest BCUT2D eigenvalue weighted by atomic mass is 9.89. The minimum absolute atomic E-state index is 0.0461. The number of rotatable bonds is 6. The van der Waals surface area contributed by atoms with Crippen molar-refractivity contribution in [3.63, 3.8) is 0 Å². The number of pyridine rings is 1. The first-order valence-corrected chi connectivity index (χ1v) is 6.37. The summed E-state index contributed by atoms with van der Waals surface area (Å²) in [5.74, 6) is -0.199. The summed E-state index contributed by atoms with van der Waals surface area (Å²) in [6, 6.07) is 12.4. The van der Waals surface area contributed by atoms with E-state index >= 15 is 0 Å². The summed E-state index contributed by atoms with van der Waals surface area (Å²) in [7, 11) is 0. The maximum Gasteiger partial charge on any atom is 0.123 e. The van der Waals surface area contributed by atoms with E-state index in [0.717, 1.165) is 11.1 Å². The molecular weight excluding hydrogens is 253 g/mol. The van der Waals surface area contributed by atoms with Crippen LogP contribution in [0.4, 0.5) is 4.39 Å². The Hall–Kier alpha value is -2.25. The van der Waals surface area contributed by atoms with E-state index in [1.165, 1.54) is 12.1 Å². The quantitative estimate of drug-likeness (QED) is 0.647. The van der Waals surface area contributed by atoms with Gasteiger partial charge in [-0.25, -0.2) is 4.39 Å². The number of benzene rings is 1. The van der Waals surface area contributed by atoms with Gasteiger partial charge in [0.1, 0.15) is 5.82 Å². The summed E-state index contributed by atoms with van der Waals surface area (Å²) in [6.07, 6.45) is 5.55. The second kappa shape index (κ2) is 7.37. The van der Waals surface area contributed by atoms with Crippen molar-refractivity contribution in [1.29, 1.82) is 5.26 Å². The number of nitrogens with one attached hydrogen (secondary N) is 1. The van der Waals surface area contributed by atoms with Gasteiger partial charge in [0.2, 0.25) is 0 Å². The molecule has 0 spiro atoms. The fourth-order valence-corrected chi connectivity index (χ4v) is 2.03. The summed E-state index contributed by atoms with van der Waals surface area (Å²) in [5.41, 5.74) is 2.10. The van der Waals surface area contributed by atoms with Crippen LogP contribution in [0.25, 0.3) is 0 Å². The normalized spacial score (nSPS) is 11.8. The molecule has 1 atom stereocenters. The van der Waals surface area contributed by atoms with Crippen LogP contribution in [0.15, 0.2) is 48.8 Å². The molecule has 2 aromatic rings. The van der Waals surface area contributed by atoms with E-state index < -0.39 is 0 Å². The summed E-state index contributed by atoms with van der Waals surface area (Å²) < 4.78 is 13.0. The van der Waals surface area contributed by atoms with Gasteiger partial charge in [0.15, 0.2) is 0 Å². The van der Waals surface area contributed by atoms with E-state index in [1.54, 1.807) is 24.5 Å². The molecule has 20 heavy (non-hydrogen) atoms.